The highest BCUT2D eigenvalue weighted by Gasteiger charge is 2.09. The molecule has 0 spiro atoms. The van der Waals surface area contributed by atoms with Gasteiger partial charge in [-0.15, -0.1) is 0 Å². The van der Waals surface area contributed by atoms with Crippen LogP contribution < -0.4 is 10.1 Å². The number of amides is 1. The summed E-state index contributed by atoms with van der Waals surface area (Å²) in [7, 11) is 0. The SMILES string of the molecule is CC(C)Oc1ccc(C(=O)NCC#N)cc1Cl. The lowest BCUT2D eigenvalue weighted by molar-refractivity contribution is 0.0958. The first-order valence-corrected chi connectivity index (χ1v) is 5.53. The Bertz CT molecular complexity index is 452. The average Bonchev–Trinajstić information content (AvgIpc) is 2.28. The van der Waals surface area contributed by atoms with Crippen molar-refractivity contribution in [3.05, 3.63) is 28.8 Å². The molecule has 0 radical (unpaired) electrons. The summed E-state index contributed by atoms with van der Waals surface area (Å²) in [5.74, 6) is 0.211. The number of ether oxygens (including phenoxy) is 1. The van der Waals surface area contributed by atoms with Crippen LogP contribution in [0.4, 0.5) is 0 Å². The Morgan fingerprint density at radius 3 is 2.82 bits per heavy atom. The molecule has 0 fully saturated rings. The molecule has 0 aliphatic carbocycles. The Morgan fingerprint density at radius 1 is 1.59 bits per heavy atom. The van der Waals surface area contributed by atoms with E-state index in [9.17, 15) is 4.79 Å². The predicted molar refractivity (Wildman–Crippen MR) is 65.2 cm³/mol. The smallest absolute Gasteiger partial charge is 0.252 e. The largest absolute Gasteiger partial charge is 0.489 e. The summed E-state index contributed by atoms with van der Waals surface area (Å²) in [6, 6.07) is 6.60. The molecule has 0 aromatic heterocycles. The Morgan fingerprint density at radius 2 is 2.29 bits per heavy atom. The maximum Gasteiger partial charge on any atom is 0.252 e. The zero-order valence-corrected chi connectivity index (χ0v) is 10.4. The van der Waals surface area contributed by atoms with Gasteiger partial charge < -0.3 is 10.1 Å². The molecule has 17 heavy (non-hydrogen) atoms. The van der Waals surface area contributed by atoms with Crippen LogP contribution in [0.15, 0.2) is 18.2 Å². The standard InChI is InChI=1S/C12H13ClN2O2/c1-8(2)17-11-4-3-9(7-10(11)13)12(16)15-6-5-14/h3-4,7-8H,6H2,1-2H3,(H,15,16). The topological polar surface area (TPSA) is 62.1 Å². The number of halogens is 1. The molecule has 5 heteroatoms. The summed E-state index contributed by atoms with van der Waals surface area (Å²) in [6.45, 7) is 3.76. The van der Waals surface area contributed by atoms with E-state index in [1.165, 1.54) is 6.07 Å². The van der Waals surface area contributed by atoms with Gasteiger partial charge in [0.2, 0.25) is 0 Å². The van der Waals surface area contributed by atoms with Crippen molar-refractivity contribution in [2.45, 2.75) is 20.0 Å². The number of benzene rings is 1. The predicted octanol–water partition coefficient (Wildman–Crippen LogP) is 2.38. The quantitative estimate of drug-likeness (QED) is 0.837. The molecule has 1 aromatic rings. The molecule has 1 rings (SSSR count). The Balaban J connectivity index is 2.82. The van der Waals surface area contributed by atoms with Gasteiger partial charge in [0.25, 0.3) is 5.91 Å². The van der Waals surface area contributed by atoms with Crippen LogP contribution >= 0.6 is 11.6 Å². The first kappa shape index (κ1) is 13.3. The van der Waals surface area contributed by atoms with Gasteiger partial charge in [-0.3, -0.25) is 4.79 Å². The summed E-state index contributed by atoms with van der Waals surface area (Å²) in [5.41, 5.74) is 0.404. The van der Waals surface area contributed by atoms with Crippen LogP contribution in [0.5, 0.6) is 5.75 Å². The van der Waals surface area contributed by atoms with Crippen molar-refractivity contribution in [2.24, 2.45) is 0 Å². The Kier molecular flexibility index (Phi) is 4.80. The molecule has 0 atom stereocenters. The molecule has 1 amide bonds. The van der Waals surface area contributed by atoms with Gasteiger partial charge in [0.15, 0.2) is 0 Å². The van der Waals surface area contributed by atoms with E-state index in [-0.39, 0.29) is 18.6 Å². The van der Waals surface area contributed by atoms with Crippen LogP contribution in [0, 0.1) is 11.3 Å². The number of hydrogen-bond acceptors (Lipinski definition) is 3. The lowest BCUT2D eigenvalue weighted by atomic mass is 10.2. The van der Waals surface area contributed by atoms with E-state index in [0.717, 1.165) is 0 Å². The molecule has 0 unspecified atom stereocenters. The number of nitriles is 1. The minimum absolute atomic E-state index is 0.0192. The Labute approximate surface area is 105 Å². The summed E-state index contributed by atoms with van der Waals surface area (Å²) >= 11 is 5.98. The van der Waals surface area contributed by atoms with E-state index in [4.69, 9.17) is 21.6 Å². The van der Waals surface area contributed by atoms with Crippen LogP contribution in [0.3, 0.4) is 0 Å². The van der Waals surface area contributed by atoms with Crippen LogP contribution in [-0.4, -0.2) is 18.6 Å². The molecule has 0 saturated heterocycles. The zero-order valence-electron chi connectivity index (χ0n) is 9.66. The molecule has 1 N–H and O–H groups in total. The molecule has 0 aliphatic heterocycles. The maximum atomic E-state index is 11.5. The van der Waals surface area contributed by atoms with Crippen LogP contribution in [0.25, 0.3) is 0 Å². The normalized spacial score (nSPS) is 9.82. The van der Waals surface area contributed by atoms with Crippen molar-refractivity contribution in [3.8, 4) is 11.8 Å². The van der Waals surface area contributed by atoms with Gasteiger partial charge in [-0.2, -0.15) is 5.26 Å². The number of hydrogen-bond donors (Lipinski definition) is 1. The van der Waals surface area contributed by atoms with Crippen LogP contribution in [-0.2, 0) is 0 Å². The van der Waals surface area contributed by atoms with E-state index >= 15 is 0 Å². The molecule has 0 aliphatic rings. The van der Waals surface area contributed by atoms with Gasteiger partial charge >= 0.3 is 0 Å². The minimum atomic E-state index is -0.329. The number of rotatable bonds is 4. The highest BCUT2D eigenvalue weighted by atomic mass is 35.5. The lowest BCUT2D eigenvalue weighted by Gasteiger charge is -2.11. The van der Waals surface area contributed by atoms with Crippen molar-refractivity contribution in [2.75, 3.05) is 6.54 Å². The van der Waals surface area contributed by atoms with Crippen molar-refractivity contribution >= 4 is 17.5 Å². The van der Waals surface area contributed by atoms with E-state index in [2.05, 4.69) is 5.32 Å². The van der Waals surface area contributed by atoms with E-state index < -0.39 is 0 Å². The number of nitrogens with one attached hydrogen (secondary N) is 1. The monoisotopic (exact) mass is 252 g/mol. The molecule has 0 heterocycles. The average molecular weight is 253 g/mol. The molecule has 0 bridgehead atoms. The number of carbonyl (C=O) groups is 1. The second-order valence-corrected chi connectivity index (χ2v) is 4.06. The molecule has 90 valence electrons. The first-order valence-electron chi connectivity index (χ1n) is 5.16. The number of carbonyl (C=O) groups excluding carboxylic acids is 1. The third-order valence-corrected chi connectivity index (χ3v) is 2.18. The van der Waals surface area contributed by atoms with Gasteiger partial charge in [-0.1, -0.05) is 11.6 Å². The van der Waals surface area contributed by atoms with Gasteiger partial charge in [0.1, 0.15) is 12.3 Å². The second kappa shape index (κ2) is 6.12. The van der Waals surface area contributed by atoms with E-state index in [0.29, 0.717) is 16.3 Å². The fourth-order valence-corrected chi connectivity index (χ4v) is 1.44. The van der Waals surface area contributed by atoms with Gasteiger partial charge in [-0.25, -0.2) is 0 Å². The van der Waals surface area contributed by atoms with Gasteiger partial charge in [0.05, 0.1) is 17.2 Å². The molecule has 4 nitrogen and oxygen atoms in total. The van der Waals surface area contributed by atoms with Crippen molar-refractivity contribution in [1.29, 1.82) is 5.26 Å². The Hall–Kier alpha value is -1.73. The third kappa shape index (κ3) is 3.97. The summed E-state index contributed by atoms with van der Waals surface area (Å²) in [6.07, 6.45) is 0.0192. The van der Waals surface area contributed by atoms with Crippen molar-refractivity contribution in [3.63, 3.8) is 0 Å². The zero-order chi connectivity index (χ0) is 12.8. The maximum absolute atomic E-state index is 11.5. The van der Waals surface area contributed by atoms with Crippen molar-refractivity contribution < 1.29 is 9.53 Å². The molecule has 1 aromatic carbocycles. The van der Waals surface area contributed by atoms with Gasteiger partial charge in [-0.05, 0) is 32.0 Å². The number of nitrogens with zero attached hydrogens (tertiary/aromatic N) is 1. The van der Waals surface area contributed by atoms with Crippen LogP contribution in [0.1, 0.15) is 24.2 Å². The van der Waals surface area contributed by atoms with E-state index in [1.807, 2.05) is 19.9 Å². The highest BCUT2D eigenvalue weighted by molar-refractivity contribution is 6.32. The molecular weight excluding hydrogens is 240 g/mol. The molecular formula is C12H13ClN2O2. The van der Waals surface area contributed by atoms with Gasteiger partial charge in [0, 0.05) is 5.56 Å². The summed E-state index contributed by atoms with van der Waals surface area (Å²) in [5, 5.41) is 11.2. The van der Waals surface area contributed by atoms with Crippen molar-refractivity contribution in [1.82, 2.24) is 5.32 Å². The van der Waals surface area contributed by atoms with E-state index in [1.54, 1.807) is 12.1 Å². The summed E-state index contributed by atoms with van der Waals surface area (Å²) in [4.78, 5) is 11.5. The highest BCUT2D eigenvalue weighted by Crippen LogP contribution is 2.26. The van der Waals surface area contributed by atoms with Crippen LogP contribution in [0.2, 0.25) is 5.02 Å². The fraction of sp³-hybridized carbons (Fsp3) is 0.333. The fourth-order valence-electron chi connectivity index (χ4n) is 1.21. The molecule has 0 saturated carbocycles. The lowest BCUT2D eigenvalue weighted by Crippen LogP contribution is -2.23. The minimum Gasteiger partial charge on any atom is -0.489 e. The second-order valence-electron chi connectivity index (χ2n) is 3.65. The summed E-state index contributed by atoms with van der Waals surface area (Å²) < 4.78 is 5.44. The third-order valence-electron chi connectivity index (χ3n) is 1.88. The first-order chi connectivity index (χ1) is 8.04.